The molecule has 1 saturated carbocycles. The molecule has 1 aromatic heterocycles. The van der Waals surface area contributed by atoms with Crippen LogP contribution in [0.25, 0.3) is 0 Å². The Morgan fingerprint density at radius 2 is 1.96 bits per heavy atom. The fourth-order valence-electron chi connectivity index (χ4n) is 3.53. The van der Waals surface area contributed by atoms with Crippen LogP contribution in [0.3, 0.4) is 0 Å². The van der Waals surface area contributed by atoms with E-state index in [4.69, 9.17) is 4.74 Å². The molecule has 1 amide bonds. The van der Waals surface area contributed by atoms with Crippen molar-refractivity contribution in [1.82, 2.24) is 14.9 Å². The number of fused-ring (bicyclic) bond motifs is 1. The van der Waals surface area contributed by atoms with Crippen LogP contribution < -0.4 is 9.46 Å². The van der Waals surface area contributed by atoms with Crippen LogP contribution in [0.5, 0.6) is 5.75 Å². The highest BCUT2D eigenvalue weighted by Crippen LogP contribution is 2.42. The Morgan fingerprint density at radius 1 is 1.19 bits per heavy atom. The molecular formula is C19H21N3O4S. The standard InChI is InChI=1S/C19H21N3O4S/c1-26-16-11-15(20-21-18(16)13-9-10-13)19(23)22-27(24,25)17-8-4-6-12-5-2-3-7-14(12)17/h4,6,8,11,13H,2-3,5,7,9-10H2,1H3,(H,22,23). The number of carbonyl (C=O) groups is 1. The van der Waals surface area contributed by atoms with Crippen molar-refractivity contribution in [2.24, 2.45) is 0 Å². The van der Waals surface area contributed by atoms with Gasteiger partial charge in [0.25, 0.3) is 15.9 Å². The average molecular weight is 387 g/mol. The SMILES string of the molecule is COc1cc(C(=O)NS(=O)(=O)c2cccc3c2CCCC3)nnc1C1CC1. The van der Waals surface area contributed by atoms with Gasteiger partial charge in [0.1, 0.15) is 11.4 Å². The van der Waals surface area contributed by atoms with Crippen molar-refractivity contribution >= 4 is 15.9 Å². The van der Waals surface area contributed by atoms with E-state index in [1.807, 2.05) is 6.07 Å². The Kier molecular flexibility index (Phi) is 4.59. The normalized spacial score (nSPS) is 16.5. The molecule has 2 aromatic rings. The number of amides is 1. The molecular weight excluding hydrogens is 366 g/mol. The number of carbonyl (C=O) groups excluding carboxylic acids is 1. The summed E-state index contributed by atoms with van der Waals surface area (Å²) >= 11 is 0. The molecule has 4 rings (SSSR count). The van der Waals surface area contributed by atoms with Crippen LogP contribution in [0, 0.1) is 0 Å². The molecule has 0 radical (unpaired) electrons. The smallest absolute Gasteiger partial charge is 0.285 e. The van der Waals surface area contributed by atoms with Gasteiger partial charge >= 0.3 is 0 Å². The lowest BCUT2D eigenvalue weighted by Gasteiger charge is -2.19. The summed E-state index contributed by atoms with van der Waals surface area (Å²) < 4.78 is 33.1. The first kappa shape index (κ1) is 17.9. The molecule has 8 heteroatoms. The van der Waals surface area contributed by atoms with Gasteiger partial charge in [-0.1, -0.05) is 12.1 Å². The Hall–Kier alpha value is -2.48. The molecule has 1 fully saturated rings. The topological polar surface area (TPSA) is 98.2 Å². The van der Waals surface area contributed by atoms with Gasteiger partial charge in [-0.2, -0.15) is 5.10 Å². The monoisotopic (exact) mass is 387 g/mol. The zero-order chi connectivity index (χ0) is 19.0. The molecule has 0 spiro atoms. The number of benzene rings is 1. The average Bonchev–Trinajstić information content (AvgIpc) is 3.51. The van der Waals surface area contributed by atoms with Gasteiger partial charge in [0.2, 0.25) is 0 Å². The van der Waals surface area contributed by atoms with E-state index in [2.05, 4.69) is 14.9 Å². The zero-order valence-corrected chi connectivity index (χ0v) is 15.9. The van der Waals surface area contributed by atoms with Crippen LogP contribution in [-0.2, 0) is 22.9 Å². The third kappa shape index (κ3) is 3.53. The highest BCUT2D eigenvalue weighted by atomic mass is 32.2. The largest absolute Gasteiger partial charge is 0.495 e. The quantitative estimate of drug-likeness (QED) is 0.846. The minimum Gasteiger partial charge on any atom is -0.495 e. The summed E-state index contributed by atoms with van der Waals surface area (Å²) in [5, 5.41) is 7.98. The minimum absolute atomic E-state index is 0.0791. The maximum Gasteiger partial charge on any atom is 0.285 e. The summed E-state index contributed by atoms with van der Waals surface area (Å²) in [7, 11) is -2.49. The van der Waals surface area contributed by atoms with Crippen LogP contribution in [0.4, 0.5) is 0 Å². The number of nitrogens with zero attached hydrogens (tertiary/aromatic N) is 2. The maximum absolute atomic E-state index is 12.8. The summed E-state index contributed by atoms with van der Waals surface area (Å²) in [6.45, 7) is 0. The predicted octanol–water partition coefficient (Wildman–Crippen LogP) is 2.36. The van der Waals surface area contributed by atoms with Crippen LogP contribution >= 0.6 is 0 Å². The van der Waals surface area contributed by atoms with Gasteiger partial charge in [-0.05, 0) is 55.7 Å². The summed E-state index contributed by atoms with van der Waals surface area (Å²) in [5.74, 6) is -0.0344. The lowest BCUT2D eigenvalue weighted by molar-refractivity contribution is 0.0975. The fourth-order valence-corrected chi connectivity index (χ4v) is 4.80. The first-order valence-electron chi connectivity index (χ1n) is 9.09. The van der Waals surface area contributed by atoms with Gasteiger partial charge < -0.3 is 4.74 Å². The minimum atomic E-state index is -3.99. The lowest BCUT2D eigenvalue weighted by Crippen LogP contribution is -2.32. The number of sulfonamides is 1. The Balaban J connectivity index is 1.61. The number of ether oxygens (including phenoxy) is 1. The molecule has 2 aliphatic carbocycles. The Labute approximate surface area is 158 Å². The second kappa shape index (κ2) is 6.92. The number of nitrogens with one attached hydrogen (secondary N) is 1. The molecule has 27 heavy (non-hydrogen) atoms. The lowest BCUT2D eigenvalue weighted by atomic mass is 9.92. The maximum atomic E-state index is 12.8. The molecule has 7 nitrogen and oxygen atoms in total. The Morgan fingerprint density at radius 3 is 2.70 bits per heavy atom. The molecule has 0 aliphatic heterocycles. The first-order valence-corrected chi connectivity index (χ1v) is 10.6. The van der Waals surface area contributed by atoms with E-state index >= 15 is 0 Å². The van der Waals surface area contributed by atoms with Crippen molar-refractivity contribution in [2.75, 3.05) is 7.11 Å². The van der Waals surface area contributed by atoms with E-state index in [1.54, 1.807) is 12.1 Å². The van der Waals surface area contributed by atoms with E-state index in [9.17, 15) is 13.2 Å². The molecule has 1 N–H and O–H groups in total. The summed E-state index contributed by atoms with van der Waals surface area (Å²) in [5.41, 5.74) is 2.47. The first-order chi connectivity index (χ1) is 13.0. The van der Waals surface area contributed by atoms with E-state index in [0.29, 0.717) is 23.8 Å². The number of aromatic nitrogens is 2. The van der Waals surface area contributed by atoms with E-state index in [1.165, 1.54) is 13.2 Å². The van der Waals surface area contributed by atoms with E-state index < -0.39 is 15.9 Å². The van der Waals surface area contributed by atoms with Crippen LogP contribution in [0.15, 0.2) is 29.2 Å². The summed E-state index contributed by atoms with van der Waals surface area (Å²) in [4.78, 5) is 12.7. The number of aryl methyl sites for hydroxylation is 1. The van der Waals surface area contributed by atoms with Gasteiger partial charge in [0.05, 0.1) is 12.0 Å². The van der Waals surface area contributed by atoms with Gasteiger partial charge in [-0.25, -0.2) is 13.1 Å². The van der Waals surface area contributed by atoms with E-state index in [-0.39, 0.29) is 10.6 Å². The summed E-state index contributed by atoms with van der Waals surface area (Å²) in [6.07, 6.45) is 5.58. The van der Waals surface area contributed by atoms with Gasteiger partial charge in [-0.15, -0.1) is 5.10 Å². The number of hydrogen-bond donors (Lipinski definition) is 1. The highest BCUT2D eigenvalue weighted by molar-refractivity contribution is 7.90. The third-order valence-electron chi connectivity index (χ3n) is 5.07. The zero-order valence-electron chi connectivity index (χ0n) is 15.1. The van der Waals surface area contributed by atoms with Crippen LogP contribution in [0.1, 0.15) is 58.9 Å². The number of hydrogen-bond acceptors (Lipinski definition) is 6. The van der Waals surface area contributed by atoms with Crippen LogP contribution in [0.2, 0.25) is 0 Å². The summed E-state index contributed by atoms with van der Waals surface area (Å²) in [6, 6.07) is 6.66. The molecule has 1 heterocycles. The highest BCUT2D eigenvalue weighted by Gasteiger charge is 2.30. The van der Waals surface area contributed by atoms with Crippen LogP contribution in [-0.4, -0.2) is 31.6 Å². The molecule has 142 valence electrons. The second-order valence-electron chi connectivity index (χ2n) is 6.99. The second-order valence-corrected chi connectivity index (χ2v) is 8.64. The van der Waals surface area contributed by atoms with Crippen molar-refractivity contribution in [3.05, 3.63) is 46.8 Å². The van der Waals surface area contributed by atoms with Gasteiger partial charge in [-0.3, -0.25) is 4.79 Å². The Bertz CT molecular complexity index is 1000. The number of methoxy groups -OCH3 is 1. The van der Waals surface area contributed by atoms with Crippen molar-refractivity contribution < 1.29 is 17.9 Å². The molecule has 0 bridgehead atoms. The molecule has 2 aliphatic rings. The van der Waals surface area contributed by atoms with Crippen molar-refractivity contribution in [3.8, 4) is 5.75 Å². The predicted molar refractivity (Wildman–Crippen MR) is 98.3 cm³/mol. The molecule has 0 saturated heterocycles. The molecule has 1 aromatic carbocycles. The van der Waals surface area contributed by atoms with Crippen molar-refractivity contribution in [3.63, 3.8) is 0 Å². The molecule has 0 atom stereocenters. The van der Waals surface area contributed by atoms with Gasteiger partial charge in [0.15, 0.2) is 5.69 Å². The van der Waals surface area contributed by atoms with E-state index in [0.717, 1.165) is 43.2 Å². The van der Waals surface area contributed by atoms with Gasteiger partial charge in [0, 0.05) is 12.0 Å². The number of rotatable bonds is 5. The van der Waals surface area contributed by atoms with Crippen molar-refractivity contribution in [2.45, 2.75) is 49.3 Å². The third-order valence-corrected chi connectivity index (χ3v) is 6.49. The molecule has 0 unspecified atom stereocenters. The fraction of sp³-hybridized carbons (Fsp3) is 0.421. The van der Waals surface area contributed by atoms with Crippen molar-refractivity contribution in [1.29, 1.82) is 0 Å².